The van der Waals surface area contributed by atoms with Crippen molar-refractivity contribution in [2.24, 2.45) is 0 Å². The molecular formula is C22H21N3O4S. The summed E-state index contributed by atoms with van der Waals surface area (Å²) in [5.74, 6) is -0.932. The maximum Gasteiger partial charge on any atom is 0.269 e. The fraction of sp³-hybridized carbons (Fsp3) is 0.0909. The summed E-state index contributed by atoms with van der Waals surface area (Å²) >= 11 is 0. The minimum absolute atomic E-state index is 0.121. The van der Waals surface area contributed by atoms with Crippen molar-refractivity contribution in [2.75, 3.05) is 4.72 Å². The number of carbonyl (C=O) groups excluding carboxylic acids is 2. The number of amides is 2. The van der Waals surface area contributed by atoms with Crippen LogP contribution in [-0.2, 0) is 21.2 Å². The quantitative estimate of drug-likeness (QED) is 0.530. The topological polar surface area (TPSA) is 104 Å². The maximum atomic E-state index is 12.5. The molecule has 30 heavy (non-hydrogen) atoms. The van der Waals surface area contributed by atoms with Crippen molar-refractivity contribution in [3.8, 4) is 0 Å². The van der Waals surface area contributed by atoms with Gasteiger partial charge in [0.15, 0.2) is 0 Å². The fourth-order valence-corrected chi connectivity index (χ4v) is 3.73. The smallest absolute Gasteiger partial charge is 0.269 e. The van der Waals surface area contributed by atoms with Gasteiger partial charge in [0.2, 0.25) is 5.91 Å². The molecule has 0 saturated heterocycles. The molecule has 0 radical (unpaired) electrons. The van der Waals surface area contributed by atoms with Crippen LogP contribution >= 0.6 is 0 Å². The van der Waals surface area contributed by atoms with Crippen molar-refractivity contribution >= 4 is 27.5 Å². The van der Waals surface area contributed by atoms with Gasteiger partial charge in [-0.15, -0.1) is 0 Å². The van der Waals surface area contributed by atoms with Gasteiger partial charge < -0.3 is 0 Å². The van der Waals surface area contributed by atoms with Crippen LogP contribution < -0.4 is 15.6 Å². The first-order valence-corrected chi connectivity index (χ1v) is 10.6. The van der Waals surface area contributed by atoms with Gasteiger partial charge in [0.1, 0.15) is 0 Å². The van der Waals surface area contributed by atoms with Gasteiger partial charge in [0, 0.05) is 11.3 Å². The molecule has 3 aromatic rings. The largest absolute Gasteiger partial charge is 0.280 e. The Morgan fingerprint density at radius 3 is 2.23 bits per heavy atom. The third-order valence-electron chi connectivity index (χ3n) is 4.23. The van der Waals surface area contributed by atoms with Crippen LogP contribution in [0.3, 0.4) is 0 Å². The Hall–Kier alpha value is -3.65. The summed E-state index contributed by atoms with van der Waals surface area (Å²) in [5.41, 5.74) is 6.87. The number of hydrazine groups is 1. The van der Waals surface area contributed by atoms with Gasteiger partial charge in [-0.2, -0.15) is 0 Å². The lowest BCUT2D eigenvalue weighted by atomic mass is 10.1. The molecule has 3 aromatic carbocycles. The highest BCUT2D eigenvalue weighted by atomic mass is 32.2. The molecule has 0 heterocycles. The Morgan fingerprint density at radius 2 is 1.53 bits per heavy atom. The van der Waals surface area contributed by atoms with Crippen molar-refractivity contribution in [3.63, 3.8) is 0 Å². The standard InChI is InChI=1S/C22H21N3O4S/c1-16-10-12-20(13-11-16)30(28,29)25-19-9-5-8-18(15-19)22(27)24-23-21(26)14-17-6-3-2-4-7-17/h2-13,15,25H,14H2,1H3,(H,23,26)(H,24,27). The highest BCUT2D eigenvalue weighted by Crippen LogP contribution is 2.17. The molecule has 0 aliphatic carbocycles. The Morgan fingerprint density at radius 1 is 0.833 bits per heavy atom. The van der Waals surface area contributed by atoms with E-state index in [0.717, 1.165) is 11.1 Å². The predicted octanol–water partition coefficient (Wildman–Crippen LogP) is 2.80. The summed E-state index contributed by atoms with van der Waals surface area (Å²) in [6.45, 7) is 1.87. The molecule has 0 aliphatic rings. The van der Waals surface area contributed by atoms with E-state index >= 15 is 0 Å². The Bertz CT molecular complexity index is 1140. The first-order chi connectivity index (χ1) is 14.3. The van der Waals surface area contributed by atoms with Crippen LogP contribution in [0.5, 0.6) is 0 Å². The summed E-state index contributed by atoms with van der Waals surface area (Å²) in [6.07, 6.45) is 0.123. The van der Waals surface area contributed by atoms with Gasteiger partial charge in [-0.1, -0.05) is 54.1 Å². The zero-order valence-electron chi connectivity index (χ0n) is 16.3. The molecule has 2 amide bonds. The maximum absolute atomic E-state index is 12.5. The fourth-order valence-electron chi connectivity index (χ4n) is 2.68. The van der Waals surface area contributed by atoms with E-state index in [1.165, 1.54) is 30.3 Å². The number of hydrogen-bond donors (Lipinski definition) is 3. The van der Waals surface area contributed by atoms with E-state index in [1.54, 1.807) is 18.2 Å². The number of rotatable bonds is 6. The van der Waals surface area contributed by atoms with E-state index in [0.29, 0.717) is 0 Å². The molecule has 0 fully saturated rings. The van der Waals surface area contributed by atoms with Crippen LogP contribution in [0.4, 0.5) is 5.69 Å². The first kappa shape index (κ1) is 21.1. The number of carbonyl (C=O) groups is 2. The summed E-state index contributed by atoms with van der Waals surface area (Å²) in [4.78, 5) is 24.4. The molecule has 0 aliphatic heterocycles. The van der Waals surface area contributed by atoms with Crippen molar-refractivity contribution in [1.82, 2.24) is 10.9 Å². The Balaban J connectivity index is 1.62. The number of aryl methyl sites for hydroxylation is 1. The molecule has 0 saturated carbocycles. The first-order valence-electron chi connectivity index (χ1n) is 9.16. The molecule has 154 valence electrons. The van der Waals surface area contributed by atoms with Crippen molar-refractivity contribution in [2.45, 2.75) is 18.2 Å². The lowest BCUT2D eigenvalue weighted by Crippen LogP contribution is -2.42. The zero-order valence-corrected chi connectivity index (χ0v) is 17.1. The van der Waals surface area contributed by atoms with E-state index in [9.17, 15) is 18.0 Å². The lowest BCUT2D eigenvalue weighted by molar-refractivity contribution is -0.121. The van der Waals surface area contributed by atoms with Crippen LogP contribution in [0.1, 0.15) is 21.5 Å². The van der Waals surface area contributed by atoms with E-state index in [1.807, 2.05) is 37.3 Å². The van der Waals surface area contributed by atoms with Crippen LogP contribution in [0.15, 0.2) is 83.8 Å². The van der Waals surface area contributed by atoms with E-state index in [2.05, 4.69) is 15.6 Å². The minimum Gasteiger partial charge on any atom is -0.280 e. The number of anilines is 1. The number of nitrogens with one attached hydrogen (secondary N) is 3. The van der Waals surface area contributed by atoms with Gasteiger partial charge in [0.05, 0.1) is 11.3 Å². The minimum atomic E-state index is -3.78. The highest BCUT2D eigenvalue weighted by Gasteiger charge is 2.15. The van der Waals surface area contributed by atoms with Crippen molar-refractivity contribution in [1.29, 1.82) is 0 Å². The number of sulfonamides is 1. The van der Waals surface area contributed by atoms with Gasteiger partial charge in [0.25, 0.3) is 15.9 Å². The molecule has 0 unspecified atom stereocenters. The average molecular weight is 423 g/mol. The molecule has 0 atom stereocenters. The summed E-state index contributed by atoms with van der Waals surface area (Å²) in [6, 6.07) is 21.5. The molecule has 0 bridgehead atoms. The molecule has 3 N–H and O–H groups in total. The van der Waals surface area contributed by atoms with Crippen LogP contribution in [0.2, 0.25) is 0 Å². The highest BCUT2D eigenvalue weighted by molar-refractivity contribution is 7.92. The average Bonchev–Trinajstić information content (AvgIpc) is 2.73. The monoisotopic (exact) mass is 423 g/mol. The van der Waals surface area contributed by atoms with Gasteiger partial charge in [-0.25, -0.2) is 8.42 Å². The lowest BCUT2D eigenvalue weighted by Gasteiger charge is -2.11. The summed E-state index contributed by atoms with van der Waals surface area (Å²) in [7, 11) is -3.78. The molecule has 3 rings (SSSR count). The molecule has 7 nitrogen and oxygen atoms in total. The normalized spacial score (nSPS) is 10.8. The second kappa shape index (κ2) is 9.23. The third-order valence-corrected chi connectivity index (χ3v) is 5.63. The summed E-state index contributed by atoms with van der Waals surface area (Å²) in [5, 5.41) is 0. The second-order valence-corrected chi connectivity index (χ2v) is 8.35. The van der Waals surface area contributed by atoms with E-state index < -0.39 is 15.9 Å². The van der Waals surface area contributed by atoms with E-state index in [4.69, 9.17) is 0 Å². The second-order valence-electron chi connectivity index (χ2n) is 6.66. The molecule has 0 spiro atoms. The summed E-state index contributed by atoms with van der Waals surface area (Å²) < 4.78 is 27.5. The van der Waals surface area contributed by atoms with Crippen LogP contribution in [0, 0.1) is 6.92 Å². The van der Waals surface area contributed by atoms with Crippen molar-refractivity contribution in [3.05, 3.63) is 95.6 Å². The Kier molecular flexibility index (Phi) is 6.48. The van der Waals surface area contributed by atoms with Crippen LogP contribution in [-0.4, -0.2) is 20.2 Å². The predicted molar refractivity (Wildman–Crippen MR) is 114 cm³/mol. The number of benzene rings is 3. The molecule has 0 aromatic heterocycles. The van der Waals surface area contributed by atoms with Crippen molar-refractivity contribution < 1.29 is 18.0 Å². The zero-order chi connectivity index (χ0) is 21.6. The third kappa shape index (κ3) is 5.68. The van der Waals surface area contributed by atoms with Gasteiger partial charge >= 0.3 is 0 Å². The van der Waals surface area contributed by atoms with E-state index in [-0.39, 0.29) is 28.5 Å². The van der Waals surface area contributed by atoms with Gasteiger partial charge in [-0.05, 0) is 42.8 Å². The van der Waals surface area contributed by atoms with Crippen LogP contribution in [0.25, 0.3) is 0 Å². The molecular weight excluding hydrogens is 402 g/mol. The SMILES string of the molecule is Cc1ccc(S(=O)(=O)Nc2cccc(C(=O)NNC(=O)Cc3ccccc3)c2)cc1. The Labute approximate surface area is 175 Å². The van der Waals surface area contributed by atoms with Gasteiger partial charge in [-0.3, -0.25) is 25.2 Å². The molecule has 8 heteroatoms. The number of hydrogen-bond acceptors (Lipinski definition) is 4.